The molecule has 2 aromatic carbocycles. The monoisotopic (exact) mass is 541 g/mol. The highest BCUT2D eigenvalue weighted by Gasteiger charge is 2.26. The molecule has 0 aliphatic heterocycles. The molecule has 0 amide bonds. The van der Waals surface area contributed by atoms with Gasteiger partial charge in [0.25, 0.3) is 5.56 Å². The molecule has 3 aromatic rings. The van der Waals surface area contributed by atoms with E-state index in [-0.39, 0.29) is 23.6 Å². The summed E-state index contributed by atoms with van der Waals surface area (Å²) in [5.74, 6) is -2.71. The second-order valence-corrected chi connectivity index (χ2v) is 7.99. The number of nitrogens with two attached hydrogens (primary N) is 1. The van der Waals surface area contributed by atoms with Crippen LogP contribution >= 0.6 is 0 Å². The van der Waals surface area contributed by atoms with Crippen LogP contribution in [0.5, 0.6) is 17.2 Å². The molecule has 0 bridgehead atoms. The SMILES string of the molecule is COC(=O)Cn1c(=O)c(C(=O)COC(=O)c2cc(OC)c(OC)cc2OC)c(N)n(Cc2ccccc2)c1=O. The van der Waals surface area contributed by atoms with Crippen molar-refractivity contribution in [1.82, 2.24) is 9.13 Å². The number of hydrogen-bond donors (Lipinski definition) is 1. The number of aromatic nitrogens is 2. The third-order valence-electron chi connectivity index (χ3n) is 5.70. The van der Waals surface area contributed by atoms with E-state index in [9.17, 15) is 24.0 Å². The first-order valence-electron chi connectivity index (χ1n) is 11.4. The van der Waals surface area contributed by atoms with Crippen molar-refractivity contribution in [3.8, 4) is 17.2 Å². The zero-order valence-electron chi connectivity index (χ0n) is 21.7. The third kappa shape index (κ3) is 6.09. The first-order chi connectivity index (χ1) is 18.7. The van der Waals surface area contributed by atoms with Gasteiger partial charge in [-0.05, 0) is 5.56 Å². The lowest BCUT2D eigenvalue weighted by Gasteiger charge is -2.16. The number of hydrogen-bond acceptors (Lipinski definition) is 11. The maximum Gasteiger partial charge on any atom is 0.342 e. The molecule has 0 saturated carbocycles. The van der Waals surface area contributed by atoms with Crippen molar-refractivity contribution in [2.45, 2.75) is 13.1 Å². The Hall–Kier alpha value is -5.07. The van der Waals surface area contributed by atoms with E-state index < -0.39 is 53.5 Å². The summed E-state index contributed by atoms with van der Waals surface area (Å²) in [6.07, 6.45) is 0. The lowest BCUT2D eigenvalue weighted by molar-refractivity contribution is -0.141. The van der Waals surface area contributed by atoms with Crippen LogP contribution in [0.15, 0.2) is 52.1 Å². The van der Waals surface area contributed by atoms with Crippen molar-refractivity contribution >= 4 is 23.5 Å². The maximum atomic E-state index is 13.1. The summed E-state index contributed by atoms with van der Waals surface area (Å²) in [7, 11) is 5.18. The van der Waals surface area contributed by atoms with Crippen LogP contribution in [0.25, 0.3) is 0 Å². The summed E-state index contributed by atoms with van der Waals surface area (Å²) in [4.78, 5) is 64.1. The Morgan fingerprint density at radius 3 is 2.05 bits per heavy atom. The number of rotatable bonds is 11. The van der Waals surface area contributed by atoms with Gasteiger partial charge >= 0.3 is 17.6 Å². The topological polar surface area (TPSA) is 167 Å². The first kappa shape index (κ1) is 28.5. The highest BCUT2D eigenvalue weighted by atomic mass is 16.5. The molecule has 1 heterocycles. The van der Waals surface area contributed by atoms with Gasteiger partial charge in [0.2, 0.25) is 5.78 Å². The van der Waals surface area contributed by atoms with Gasteiger partial charge in [-0.2, -0.15) is 0 Å². The number of esters is 2. The van der Waals surface area contributed by atoms with Crippen LogP contribution in [0.3, 0.4) is 0 Å². The zero-order chi connectivity index (χ0) is 28.7. The number of methoxy groups -OCH3 is 4. The summed E-state index contributed by atoms with van der Waals surface area (Å²) in [5.41, 5.74) is 4.01. The van der Waals surface area contributed by atoms with Crippen molar-refractivity contribution in [3.05, 3.63) is 80.0 Å². The molecule has 0 radical (unpaired) electrons. The smallest absolute Gasteiger partial charge is 0.342 e. The summed E-state index contributed by atoms with van der Waals surface area (Å²) in [5, 5.41) is 0. The van der Waals surface area contributed by atoms with Crippen LogP contribution in [-0.4, -0.2) is 61.9 Å². The molecule has 0 spiro atoms. The van der Waals surface area contributed by atoms with E-state index in [0.717, 1.165) is 11.7 Å². The molecule has 0 atom stereocenters. The molecule has 0 unspecified atom stereocenters. The second kappa shape index (κ2) is 12.4. The van der Waals surface area contributed by atoms with E-state index in [0.29, 0.717) is 15.9 Å². The minimum absolute atomic E-state index is 0.0759. The quantitative estimate of drug-likeness (QED) is 0.270. The van der Waals surface area contributed by atoms with Crippen molar-refractivity contribution in [3.63, 3.8) is 0 Å². The van der Waals surface area contributed by atoms with E-state index in [1.165, 1.54) is 33.5 Å². The van der Waals surface area contributed by atoms with Crippen molar-refractivity contribution < 1.29 is 38.1 Å². The third-order valence-corrected chi connectivity index (χ3v) is 5.70. The number of Topliss-reactive ketones (excluding diaryl/α,β-unsaturated/α-hetero) is 1. The highest BCUT2D eigenvalue weighted by Crippen LogP contribution is 2.35. The van der Waals surface area contributed by atoms with Gasteiger partial charge < -0.3 is 29.4 Å². The molecule has 0 aliphatic rings. The van der Waals surface area contributed by atoms with E-state index in [1.807, 2.05) is 0 Å². The van der Waals surface area contributed by atoms with E-state index >= 15 is 0 Å². The summed E-state index contributed by atoms with van der Waals surface area (Å²) in [6, 6.07) is 11.4. The fourth-order valence-corrected chi connectivity index (χ4v) is 3.70. The number of ether oxygens (including phenoxy) is 5. The summed E-state index contributed by atoms with van der Waals surface area (Å²) in [6.45, 7) is -1.76. The van der Waals surface area contributed by atoms with E-state index in [4.69, 9.17) is 24.7 Å². The minimum Gasteiger partial charge on any atom is -0.496 e. The van der Waals surface area contributed by atoms with Gasteiger partial charge in [0.1, 0.15) is 29.2 Å². The number of carbonyl (C=O) groups excluding carboxylic acids is 3. The molecule has 13 heteroatoms. The van der Waals surface area contributed by atoms with Crippen molar-refractivity contribution in [2.75, 3.05) is 40.8 Å². The van der Waals surface area contributed by atoms with Crippen molar-refractivity contribution in [1.29, 1.82) is 0 Å². The zero-order valence-corrected chi connectivity index (χ0v) is 21.7. The summed E-state index contributed by atoms with van der Waals surface area (Å²) < 4.78 is 26.8. The molecule has 0 aliphatic carbocycles. The molecule has 1 aromatic heterocycles. The Morgan fingerprint density at radius 2 is 1.46 bits per heavy atom. The van der Waals surface area contributed by atoms with E-state index in [1.54, 1.807) is 30.3 Å². The molecule has 2 N–H and O–H groups in total. The fraction of sp³-hybridized carbons (Fsp3) is 0.269. The Kier molecular flexibility index (Phi) is 9.10. The largest absolute Gasteiger partial charge is 0.496 e. The fourth-order valence-electron chi connectivity index (χ4n) is 3.70. The summed E-state index contributed by atoms with van der Waals surface area (Å²) >= 11 is 0. The van der Waals surface area contributed by atoms with Crippen LogP contribution in [0.2, 0.25) is 0 Å². The molecule has 39 heavy (non-hydrogen) atoms. The molecule has 0 fully saturated rings. The molecule has 0 saturated heterocycles. The van der Waals surface area contributed by atoms with E-state index in [2.05, 4.69) is 4.74 Å². The number of ketones is 1. The lowest BCUT2D eigenvalue weighted by atomic mass is 10.1. The molecule has 13 nitrogen and oxygen atoms in total. The number of nitrogens with zero attached hydrogens (tertiary/aromatic N) is 2. The average molecular weight is 542 g/mol. The predicted octanol–water partition coefficient (Wildman–Crippen LogP) is 0.879. The van der Waals surface area contributed by atoms with Gasteiger partial charge in [0, 0.05) is 12.1 Å². The normalized spacial score (nSPS) is 10.5. The first-order valence-corrected chi connectivity index (χ1v) is 11.4. The van der Waals surface area contributed by atoms with Crippen LogP contribution < -0.4 is 31.2 Å². The van der Waals surface area contributed by atoms with Gasteiger partial charge in [0.05, 0.1) is 35.0 Å². The maximum absolute atomic E-state index is 13.1. The average Bonchev–Trinajstić information content (AvgIpc) is 2.95. The van der Waals surface area contributed by atoms with Gasteiger partial charge in [0.15, 0.2) is 18.1 Å². The van der Waals surface area contributed by atoms with Crippen LogP contribution in [0.4, 0.5) is 5.82 Å². The van der Waals surface area contributed by atoms with Gasteiger partial charge in [-0.3, -0.25) is 19.0 Å². The lowest BCUT2D eigenvalue weighted by Crippen LogP contribution is -2.46. The van der Waals surface area contributed by atoms with Gasteiger partial charge in [-0.15, -0.1) is 0 Å². The van der Waals surface area contributed by atoms with Crippen LogP contribution in [0, 0.1) is 0 Å². The Morgan fingerprint density at radius 1 is 0.846 bits per heavy atom. The predicted molar refractivity (Wildman–Crippen MR) is 138 cm³/mol. The molecular formula is C26H27N3O10. The molecular weight excluding hydrogens is 514 g/mol. The molecule has 206 valence electrons. The second-order valence-electron chi connectivity index (χ2n) is 7.99. The number of benzene rings is 2. The van der Waals surface area contributed by atoms with Gasteiger partial charge in [-0.25, -0.2) is 14.2 Å². The van der Waals surface area contributed by atoms with Crippen molar-refractivity contribution in [2.24, 2.45) is 0 Å². The Balaban J connectivity index is 2.00. The Labute approximate surface area is 222 Å². The van der Waals surface area contributed by atoms with Crippen LogP contribution in [0.1, 0.15) is 26.3 Å². The standard InChI is InChI=1S/C26H27N3O10/c1-35-18-11-20(37-3)19(36-2)10-16(18)25(33)39-14-17(30)22-23(27)28(12-15-8-6-5-7-9-15)26(34)29(24(22)32)13-21(31)38-4/h5-11H,12-14,27H2,1-4H3. The number of anilines is 1. The number of nitrogen functional groups attached to an aromatic ring is 1. The molecule has 3 rings (SSSR count). The van der Waals surface area contributed by atoms with Gasteiger partial charge in [-0.1, -0.05) is 30.3 Å². The minimum atomic E-state index is -1.13. The van der Waals surface area contributed by atoms with Crippen LogP contribution in [-0.2, 0) is 27.4 Å². The Bertz CT molecular complexity index is 1510. The highest BCUT2D eigenvalue weighted by molar-refractivity contribution is 6.02. The number of carbonyl (C=O) groups is 3.